The van der Waals surface area contributed by atoms with Gasteiger partial charge in [-0.15, -0.1) is 18.1 Å². The predicted octanol–water partition coefficient (Wildman–Crippen LogP) is -5.01. The summed E-state index contributed by atoms with van der Waals surface area (Å²) in [7, 11) is -8.67. The molecule has 0 aromatic heterocycles. The van der Waals surface area contributed by atoms with Crippen molar-refractivity contribution in [3.63, 3.8) is 0 Å². The molecule has 0 N–H and O–H groups in total. The van der Waals surface area contributed by atoms with Gasteiger partial charge in [0.05, 0.1) is 0 Å². The maximum Gasteiger partial charge on any atom is 3.00 e. The van der Waals surface area contributed by atoms with Crippen LogP contribution in [0.25, 0.3) is 0 Å². The van der Waals surface area contributed by atoms with E-state index in [0.29, 0.717) is 0 Å². The Labute approximate surface area is 117 Å². The Morgan fingerprint density at radius 1 is 0.833 bits per heavy atom. The molecule has 0 radical (unpaired) electrons. The third kappa shape index (κ3) is 293. The molecule has 72 valence electrons. The van der Waals surface area contributed by atoms with Crippen molar-refractivity contribution in [3.8, 4) is 0 Å². The van der Waals surface area contributed by atoms with Gasteiger partial charge in [-0.25, -0.2) is 0 Å². The van der Waals surface area contributed by atoms with E-state index >= 15 is 0 Å². The molecule has 0 spiro atoms. The van der Waals surface area contributed by atoms with Crippen molar-refractivity contribution in [2.75, 3.05) is 0 Å². The monoisotopic (exact) mass is 444 g/mol. The largest absolute Gasteiger partial charge is 3.00 e. The summed E-state index contributed by atoms with van der Waals surface area (Å²) in [6.45, 7) is 0. The molecular formula is AuNaO6S4. The van der Waals surface area contributed by atoms with Crippen LogP contribution in [0.4, 0.5) is 0 Å². The smallest absolute Gasteiger partial charge is 0.780 e. The normalized spacial score (nSPS) is 9.67. The van der Waals surface area contributed by atoms with Crippen molar-refractivity contribution in [3.05, 3.63) is 0 Å². The summed E-state index contributed by atoms with van der Waals surface area (Å²) in [5, 5.41) is 0. The molecule has 0 saturated heterocycles. The Morgan fingerprint density at radius 2 is 0.833 bits per heavy atom. The first-order valence-electron chi connectivity index (χ1n) is 1.33. The molecule has 0 unspecified atom stereocenters. The van der Waals surface area contributed by atoms with Gasteiger partial charge in [-0.1, -0.05) is 0 Å². The third-order valence-electron chi connectivity index (χ3n) is 0. The predicted molar refractivity (Wildman–Crippen MR) is 34.1 cm³/mol. The summed E-state index contributed by atoms with van der Waals surface area (Å²) in [6, 6.07) is 0. The molecule has 0 aromatic carbocycles. The van der Waals surface area contributed by atoms with Crippen LogP contribution in [0.2, 0.25) is 0 Å². The van der Waals surface area contributed by atoms with Crippen molar-refractivity contribution in [2.45, 2.75) is 0 Å². The molecule has 0 aliphatic heterocycles. The van der Waals surface area contributed by atoms with Gasteiger partial charge in [-0.05, 0) is 22.4 Å². The van der Waals surface area contributed by atoms with Crippen molar-refractivity contribution in [2.24, 2.45) is 0 Å². The van der Waals surface area contributed by atoms with Gasteiger partial charge >= 0.3 is 51.9 Å². The summed E-state index contributed by atoms with van der Waals surface area (Å²) in [5.74, 6) is 0. The van der Waals surface area contributed by atoms with Gasteiger partial charge in [0.2, 0.25) is 0 Å². The molecule has 0 aliphatic carbocycles. The van der Waals surface area contributed by atoms with Gasteiger partial charge in [0.25, 0.3) is 0 Å². The molecule has 0 amide bonds. The number of hydrogen-bond donors (Lipinski definition) is 0. The minimum atomic E-state index is -4.33. The van der Waals surface area contributed by atoms with E-state index in [-0.39, 0.29) is 51.9 Å². The fraction of sp³-hybridized carbons (Fsp3) is 0. The summed E-state index contributed by atoms with van der Waals surface area (Å²) in [6.07, 6.45) is 0. The Kier molecular flexibility index (Phi) is 19.6. The molecule has 0 aliphatic rings. The number of hydrogen-bond acceptors (Lipinski definition) is 8. The third-order valence-corrected chi connectivity index (χ3v) is 0. The fourth-order valence-electron chi connectivity index (χ4n) is 0. The summed E-state index contributed by atoms with van der Waals surface area (Å²) in [5.41, 5.74) is 0. The average molecular weight is 444 g/mol. The maximum atomic E-state index is 8.89. The second-order valence-electron chi connectivity index (χ2n) is 0.816. The molecule has 0 saturated carbocycles. The Bertz CT molecular complexity index is 216. The van der Waals surface area contributed by atoms with Crippen molar-refractivity contribution in [1.82, 2.24) is 0 Å². The molecule has 0 heterocycles. The second kappa shape index (κ2) is 9.86. The molecule has 12 heteroatoms. The Balaban J connectivity index is -0.0000000457. The van der Waals surface area contributed by atoms with E-state index in [0.717, 1.165) is 0 Å². The van der Waals surface area contributed by atoms with Crippen LogP contribution in [0.15, 0.2) is 0 Å². The van der Waals surface area contributed by atoms with Gasteiger partial charge in [0.15, 0.2) is 0 Å². The standard InChI is InChI=1S/Au.Na.2H2O3S2/c;;2*1-5(2,3)4/h;;2*(H2,1,2,3,4)/q+3;+1;;/p-4. The van der Waals surface area contributed by atoms with Crippen LogP contribution in [-0.2, 0) is 62.9 Å². The summed E-state index contributed by atoms with van der Waals surface area (Å²) >= 11 is 6.49. The van der Waals surface area contributed by atoms with E-state index in [2.05, 4.69) is 22.4 Å². The van der Waals surface area contributed by atoms with E-state index in [9.17, 15) is 0 Å². The minimum Gasteiger partial charge on any atom is -0.780 e. The van der Waals surface area contributed by atoms with Gasteiger partial charge in [-0.2, -0.15) is 0 Å². The van der Waals surface area contributed by atoms with Gasteiger partial charge in [-0.3, -0.25) is 8.42 Å². The van der Waals surface area contributed by atoms with Crippen LogP contribution in [0.3, 0.4) is 0 Å². The first-order valence-corrected chi connectivity index (χ1v) is 6.00. The topological polar surface area (TPSA) is 126 Å². The number of rotatable bonds is 0. The van der Waals surface area contributed by atoms with Crippen LogP contribution in [-0.4, -0.2) is 26.6 Å². The van der Waals surface area contributed by atoms with Gasteiger partial charge in [0.1, 0.15) is 0 Å². The van der Waals surface area contributed by atoms with E-state index in [1.165, 1.54) is 0 Å². The Hall–Kier alpha value is 2.32. The van der Waals surface area contributed by atoms with Crippen LogP contribution >= 0.6 is 0 Å². The fourth-order valence-corrected chi connectivity index (χ4v) is 0. The first-order chi connectivity index (χ1) is 4.00. The van der Waals surface area contributed by atoms with E-state index in [1.54, 1.807) is 0 Å². The Morgan fingerprint density at radius 3 is 0.833 bits per heavy atom. The molecule has 6 nitrogen and oxygen atoms in total. The summed E-state index contributed by atoms with van der Waals surface area (Å²) < 4.78 is 53.3. The quantitative estimate of drug-likeness (QED) is 0.340. The summed E-state index contributed by atoms with van der Waals surface area (Å²) in [4.78, 5) is 0. The van der Waals surface area contributed by atoms with Crippen LogP contribution in [0.1, 0.15) is 0 Å². The van der Waals surface area contributed by atoms with Crippen molar-refractivity contribution >= 4 is 40.5 Å². The van der Waals surface area contributed by atoms with Crippen molar-refractivity contribution in [1.29, 1.82) is 0 Å². The zero-order valence-corrected chi connectivity index (χ0v) is 12.8. The van der Waals surface area contributed by atoms with E-state index < -0.39 is 18.1 Å². The molecule has 0 rings (SSSR count). The average Bonchev–Trinajstić information content (AvgIpc) is 1.12. The molecule has 0 aromatic rings. The molecule has 0 bridgehead atoms. The van der Waals surface area contributed by atoms with Gasteiger partial charge in [0, 0.05) is 0 Å². The molecule has 0 atom stereocenters. The molecule has 12 heavy (non-hydrogen) atoms. The molecule has 0 fully saturated rings. The first kappa shape index (κ1) is 23.9. The minimum absolute atomic E-state index is 0. The SMILES string of the molecule is O=S([O-])([O-])=S.O=S([O-])([O-])=S.[Au+3].[Na+]. The van der Waals surface area contributed by atoms with E-state index in [4.69, 9.17) is 26.6 Å². The van der Waals surface area contributed by atoms with E-state index in [1.807, 2.05) is 0 Å². The molecular weight excluding hydrogens is 444 g/mol. The van der Waals surface area contributed by atoms with Crippen LogP contribution < -0.4 is 29.6 Å². The zero-order valence-electron chi connectivity index (χ0n) is 5.38. The second-order valence-corrected chi connectivity index (χ2v) is 4.90. The van der Waals surface area contributed by atoms with Crippen LogP contribution in [0, 0.1) is 0 Å². The van der Waals surface area contributed by atoms with Crippen LogP contribution in [0.5, 0.6) is 0 Å². The zero-order chi connectivity index (χ0) is 9.00. The maximum absolute atomic E-state index is 8.89. The van der Waals surface area contributed by atoms with Gasteiger partial charge < -0.3 is 18.2 Å². The van der Waals surface area contributed by atoms with Crippen molar-refractivity contribution < 1.29 is 78.6 Å².